The smallest absolute Gasteiger partial charge is 0.128 e. The highest BCUT2D eigenvalue weighted by atomic mass is 79.9. The summed E-state index contributed by atoms with van der Waals surface area (Å²) in [5, 5.41) is 3.68. The van der Waals surface area contributed by atoms with Crippen LogP contribution < -0.4 is 5.32 Å². The summed E-state index contributed by atoms with van der Waals surface area (Å²) in [6, 6.07) is 5.95. The van der Waals surface area contributed by atoms with E-state index in [0.29, 0.717) is 12.6 Å². The second kappa shape index (κ2) is 5.98. The maximum absolute atomic E-state index is 14.2. The molecule has 21 heavy (non-hydrogen) atoms. The molecule has 2 aliphatic rings. The second-order valence-corrected chi connectivity index (χ2v) is 7.65. The molecule has 2 atom stereocenters. The molecule has 2 fully saturated rings. The van der Waals surface area contributed by atoms with Gasteiger partial charge in [-0.2, -0.15) is 0 Å². The van der Waals surface area contributed by atoms with Gasteiger partial charge in [0, 0.05) is 41.3 Å². The molecule has 1 N–H and O–H groups in total. The van der Waals surface area contributed by atoms with Crippen LogP contribution in [0.15, 0.2) is 22.7 Å². The van der Waals surface area contributed by atoms with E-state index < -0.39 is 0 Å². The summed E-state index contributed by atoms with van der Waals surface area (Å²) in [6.07, 6.45) is 3.75. The van der Waals surface area contributed by atoms with E-state index in [1.165, 1.54) is 12.8 Å². The highest BCUT2D eigenvalue weighted by Gasteiger charge is 2.48. The third-order valence-electron chi connectivity index (χ3n) is 5.24. The number of nitrogens with zero attached hydrogens (tertiary/aromatic N) is 1. The lowest BCUT2D eigenvalue weighted by Crippen LogP contribution is -2.63. The SMILES string of the molecule is CCC1CN(Cc2ccc(Br)cc2F)C(C)(C2CC2)CN1. The molecule has 1 aliphatic carbocycles. The van der Waals surface area contributed by atoms with E-state index >= 15 is 0 Å². The summed E-state index contributed by atoms with van der Waals surface area (Å²) in [6.45, 7) is 7.31. The van der Waals surface area contributed by atoms with Crippen molar-refractivity contribution in [2.45, 2.75) is 51.2 Å². The Morgan fingerprint density at radius 1 is 1.43 bits per heavy atom. The number of benzene rings is 1. The van der Waals surface area contributed by atoms with Gasteiger partial charge in [-0.1, -0.05) is 28.9 Å². The third-order valence-corrected chi connectivity index (χ3v) is 5.73. The number of hydrogen-bond donors (Lipinski definition) is 1. The van der Waals surface area contributed by atoms with Gasteiger partial charge in [-0.15, -0.1) is 0 Å². The van der Waals surface area contributed by atoms with Crippen LogP contribution in [0.4, 0.5) is 4.39 Å². The van der Waals surface area contributed by atoms with Crippen molar-refractivity contribution in [3.8, 4) is 0 Å². The minimum atomic E-state index is -0.103. The molecule has 0 radical (unpaired) electrons. The van der Waals surface area contributed by atoms with E-state index in [4.69, 9.17) is 0 Å². The van der Waals surface area contributed by atoms with Gasteiger partial charge in [-0.25, -0.2) is 4.39 Å². The molecule has 2 unspecified atom stereocenters. The number of piperazine rings is 1. The molecule has 1 aliphatic heterocycles. The molecule has 1 aromatic rings. The highest BCUT2D eigenvalue weighted by molar-refractivity contribution is 9.10. The van der Waals surface area contributed by atoms with E-state index in [2.05, 4.69) is 40.0 Å². The van der Waals surface area contributed by atoms with Gasteiger partial charge in [-0.05, 0) is 44.2 Å². The van der Waals surface area contributed by atoms with Crippen molar-refractivity contribution in [3.05, 3.63) is 34.1 Å². The van der Waals surface area contributed by atoms with Crippen LogP contribution in [-0.2, 0) is 6.54 Å². The van der Waals surface area contributed by atoms with Gasteiger partial charge in [-0.3, -0.25) is 4.90 Å². The molecule has 1 heterocycles. The van der Waals surface area contributed by atoms with Gasteiger partial charge in [0.25, 0.3) is 0 Å². The summed E-state index contributed by atoms with van der Waals surface area (Å²) in [5.41, 5.74) is 0.979. The van der Waals surface area contributed by atoms with Crippen molar-refractivity contribution in [1.29, 1.82) is 0 Å². The van der Waals surface area contributed by atoms with E-state index in [-0.39, 0.29) is 11.4 Å². The van der Waals surface area contributed by atoms with Crippen molar-refractivity contribution in [2.75, 3.05) is 13.1 Å². The van der Waals surface area contributed by atoms with E-state index in [9.17, 15) is 4.39 Å². The topological polar surface area (TPSA) is 15.3 Å². The van der Waals surface area contributed by atoms with Gasteiger partial charge in [0.15, 0.2) is 0 Å². The minimum Gasteiger partial charge on any atom is -0.311 e. The average Bonchev–Trinajstić information content (AvgIpc) is 3.29. The maximum Gasteiger partial charge on any atom is 0.128 e. The first-order chi connectivity index (χ1) is 10.0. The molecule has 0 bridgehead atoms. The van der Waals surface area contributed by atoms with Crippen molar-refractivity contribution >= 4 is 15.9 Å². The summed E-state index contributed by atoms with van der Waals surface area (Å²) in [4.78, 5) is 2.52. The largest absolute Gasteiger partial charge is 0.311 e. The number of rotatable bonds is 4. The molecule has 2 nitrogen and oxygen atoms in total. The summed E-state index contributed by atoms with van der Waals surface area (Å²) >= 11 is 3.33. The van der Waals surface area contributed by atoms with Crippen LogP contribution in [0.25, 0.3) is 0 Å². The lowest BCUT2D eigenvalue weighted by molar-refractivity contribution is 0.0262. The fraction of sp³-hybridized carbons (Fsp3) is 0.647. The van der Waals surface area contributed by atoms with Crippen LogP contribution in [-0.4, -0.2) is 29.6 Å². The van der Waals surface area contributed by atoms with Crippen LogP contribution in [0.5, 0.6) is 0 Å². The Morgan fingerprint density at radius 2 is 2.19 bits per heavy atom. The Kier molecular flexibility index (Phi) is 4.40. The lowest BCUT2D eigenvalue weighted by atomic mass is 9.88. The number of halogens is 2. The lowest BCUT2D eigenvalue weighted by Gasteiger charge is -2.48. The van der Waals surface area contributed by atoms with Crippen LogP contribution in [0.1, 0.15) is 38.7 Å². The summed E-state index contributed by atoms with van der Waals surface area (Å²) in [5.74, 6) is 0.662. The van der Waals surface area contributed by atoms with E-state index in [1.807, 2.05) is 12.1 Å². The monoisotopic (exact) mass is 354 g/mol. The van der Waals surface area contributed by atoms with Crippen molar-refractivity contribution in [2.24, 2.45) is 5.92 Å². The van der Waals surface area contributed by atoms with Crippen molar-refractivity contribution in [3.63, 3.8) is 0 Å². The summed E-state index contributed by atoms with van der Waals surface area (Å²) in [7, 11) is 0. The zero-order valence-corrected chi connectivity index (χ0v) is 14.4. The Labute approximate surface area is 135 Å². The third kappa shape index (κ3) is 3.17. The average molecular weight is 355 g/mol. The van der Waals surface area contributed by atoms with E-state index in [0.717, 1.165) is 35.5 Å². The first-order valence-corrected chi connectivity index (χ1v) is 8.74. The van der Waals surface area contributed by atoms with Gasteiger partial charge in [0.2, 0.25) is 0 Å². The highest BCUT2D eigenvalue weighted by Crippen LogP contribution is 2.44. The summed E-state index contributed by atoms with van der Waals surface area (Å²) < 4.78 is 15.0. The molecule has 1 saturated heterocycles. The Hall–Kier alpha value is -0.450. The molecular formula is C17H24BrFN2. The normalized spacial score (nSPS) is 30.6. The Bertz CT molecular complexity index is 518. The molecule has 4 heteroatoms. The molecule has 0 spiro atoms. The van der Waals surface area contributed by atoms with Crippen LogP contribution >= 0.6 is 15.9 Å². The maximum atomic E-state index is 14.2. The zero-order valence-electron chi connectivity index (χ0n) is 12.8. The quantitative estimate of drug-likeness (QED) is 0.880. The second-order valence-electron chi connectivity index (χ2n) is 6.73. The number of hydrogen-bond acceptors (Lipinski definition) is 2. The van der Waals surface area contributed by atoms with Gasteiger partial charge in [0.1, 0.15) is 5.82 Å². The Balaban J connectivity index is 1.81. The molecule has 0 amide bonds. The van der Waals surface area contributed by atoms with Crippen LogP contribution in [0.2, 0.25) is 0 Å². The molecule has 1 saturated carbocycles. The Morgan fingerprint density at radius 3 is 2.81 bits per heavy atom. The fourth-order valence-corrected chi connectivity index (χ4v) is 3.82. The molecular weight excluding hydrogens is 331 g/mol. The first kappa shape index (κ1) is 15.4. The van der Waals surface area contributed by atoms with Gasteiger partial charge >= 0.3 is 0 Å². The van der Waals surface area contributed by atoms with E-state index in [1.54, 1.807) is 6.07 Å². The predicted molar refractivity (Wildman–Crippen MR) is 87.7 cm³/mol. The van der Waals surface area contributed by atoms with Gasteiger partial charge < -0.3 is 5.32 Å². The van der Waals surface area contributed by atoms with Crippen molar-refractivity contribution in [1.82, 2.24) is 10.2 Å². The zero-order chi connectivity index (χ0) is 15.0. The molecule has 1 aromatic carbocycles. The minimum absolute atomic E-state index is 0.103. The predicted octanol–water partition coefficient (Wildman–Crippen LogP) is 3.94. The van der Waals surface area contributed by atoms with Gasteiger partial charge in [0.05, 0.1) is 0 Å². The first-order valence-electron chi connectivity index (χ1n) is 7.95. The standard InChI is InChI=1S/C17H24BrFN2/c1-3-15-10-21(17(2,11-20-15)13-5-6-13)9-12-4-7-14(18)8-16(12)19/h4,7-8,13,15,20H,3,5-6,9-11H2,1-2H3. The van der Waals surface area contributed by atoms with Crippen molar-refractivity contribution < 1.29 is 4.39 Å². The molecule has 3 rings (SSSR count). The number of nitrogens with one attached hydrogen (secondary N) is 1. The molecule has 0 aromatic heterocycles. The van der Waals surface area contributed by atoms with Crippen LogP contribution in [0, 0.1) is 11.7 Å². The molecule has 116 valence electrons. The van der Waals surface area contributed by atoms with Crippen LogP contribution in [0.3, 0.4) is 0 Å². The fourth-order valence-electron chi connectivity index (χ4n) is 3.48.